The maximum Gasteiger partial charge on any atom is 0.0659 e. The zero-order chi connectivity index (χ0) is 14.5. The summed E-state index contributed by atoms with van der Waals surface area (Å²) >= 11 is 0. The van der Waals surface area contributed by atoms with E-state index in [4.69, 9.17) is 0 Å². The Balaban J connectivity index is 1.50. The van der Waals surface area contributed by atoms with Crippen LogP contribution < -0.4 is 5.32 Å². The lowest BCUT2D eigenvalue weighted by Crippen LogP contribution is -2.31. The highest BCUT2D eigenvalue weighted by Gasteiger charge is 2.20. The largest absolute Gasteiger partial charge is 0.310 e. The minimum atomic E-state index is 0.616. The van der Waals surface area contributed by atoms with Gasteiger partial charge in [-0.3, -0.25) is 4.68 Å². The highest BCUT2D eigenvalue weighted by Crippen LogP contribution is 2.27. The molecular weight excluding hydrogens is 258 g/mol. The van der Waals surface area contributed by atoms with E-state index in [0.717, 1.165) is 19.0 Å². The Bertz CT molecular complexity index is 541. The van der Waals surface area contributed by atoms with Crippen molar-refractivity contribution in [2.45, 2.75) is 51.7 Å². The standard InChI is InChI=1S/C18H25N3/c1-15(18-9-5-6-10-18)19-11-17-12-20-21(14-17)13-16-7-3-2-4-8-16/h2-4,7-8,12,14-15,18-19H,5-6,9-11,13H2,1H3/t15-/m0/s1. The topological polar surface area (TPSA) is 29.9 Å². The summed E-state index contributed by atoms with van der Waals surface area (Å²) in [5, 5.41) is 8.13. The van der Waals surface area contributed by atoms with E-state index in [1.807, 2.05) is 16.9 Å². The summed E-state index contributed by atoms with van der Waals surface area (Å²) in [6.45, 7) is 4.09. The van der Waals surface area contributed by atoms with E-state index in [1.165, 1.54) is 36.8 Å². The third-order valence-electron chi connectivity index (χ3n) is 4.61. The van der Waals surface area contributed by atoms with Crippen LogP contribution in [0.4, 0.5) is 0 Å². The van der Waals surface area contributed by atoms with Crippen molar-refractivity contribution in [2.75, 3.05) is 0 Å². The van der Waals surface area contributed by atoms with Gasteiger partial charge in [-0.15, -0.1) is 0 Å². The van der Waals surface area contributed by atoms with Crippen molar-refractivity contribution >= 4 is 0 Å². The van der Waals surface area contributed by atoms with Gasteiger partial charge in [-0.1, -0.05) is 43.2 Å². The van der Waals surface area contributed by atoms with Crippen LogP contribution in [-0.4, -0.2) is 15.8 Å². The number of aromatic nitrogens is 2. The van der Waals surface area contributed by atoms with Crippen LogP contribution in [0.1, 0.15) is 43.7 Å². The molecule has 0 bridgehead atoms. The number of nitrogens with zero attached hydrogens (tertiary/aromatic N) is 2. The first-order valence-corrected chi connectivity index (χ1v) is 8.10. The normalized spacial score (nSPS) is 17.2. The molecule has 1 saturated carbocycles. The van der Waals surface area contributed by atoms with Crippen molar-refractivity contribution in [1.82, 2.24) is 15.1 Å². The highest BCUT2D eigenvalue weighted by molar-refractivity contribution is 5.15. The van der Waals surface area contributed by atoms with E-state index >= 15 is 0 Å². The van der Waals surface area contributed by atoms with Crippen molar-refractivity contribution in [3.8, 4) is 0 Å². The summed E-state index contributed by atoms with van der Waals surface area (Å²) in [6.07, 6.45) is 9.74. The van der Waals surface area contributed by atoms with Gasteiger partial charge in [-0.25, -0.2) is 0 Å². The molecule has 112 valence electrons. The van der Waals surface area contributed by atoms with Crippen molar-refractivity contribution in [1.29, 1.82) is 0 Å². The molecule has 1 N–H and O–H groups in total. The van der Waals surface area contributed by atoms with Gasteiger partial charge in [0.15, 0.2) is 0 Å². The van der Waals surface area contributed by atoms with Crippen LogP contribution in [0.15, 0.2) is 42.7 Å². The van der Waals surface area contributed by atoms with Crippen LogP contribution >= 0.6 is 0 Å². The molecule has 3 nitrogen and oxygen atoms in total. The lowest BCUT2D eigenvalue weighted by atomic mass is 10.00. The third kappa shape index (κ3) is 3.94. The van der Waals surface area contributed by atoms with Crippen LogP contribution in [0, 0.1) is 5.92 Å². The predicted molar refractivity (Wildman–Crippen MR) is 86.0 cm³/mol. The molecule has 1 fully saturated rings. The van der Waals surface area contributed by atoms with Crippen molar-refractivity contribution in [3.05, 3.63) is 53.9 Å². The van der Waals surface area contributed by atoms with Crippen molar-refractivity contribution < 1.29 is 0 Å². The SMILES string of the molecule is C[C@H](NCc1cnn(Cc2ccccc2)c1)C1CCCC1. The molecule has 1 aliphatic carbocycles. The molecule has 3 heteroatoms. The zero-order valence-electron chi connectivity index (χ0n) is 12.8. The van der Waals surface area contributed by atoms with Crippen molar-refractivity contribution in [3.63, 3.8) is 0 Å². The van der Waals surface area contributed by atoms with Crippen LogP contribution in [0.2, 0.25) is 0 Å². The fourth-order valence-corrected chi connectivity index (χ4v) is 3.26. The molecule has 1 aromatic heterocycles. The Hall–Kier alpha value is -1.61. The van der Waals surface area contributed by atoms with Gasteiger partial charge < -0.3 is 5.32 Å². The van der Waals surface area contributed by atoms with Gasteiger partial charge in [0.25, 0.3) is 0 Å². The molecule has 21 heavy (non-hydrogen) atoms. The maximum absolute atomic E-state index is 4.46. The molecule has 0 unspecified atom stereocenters. The molecular formula is C18H25N3. The van der Waals surface area contributed by atoms with E-state index in [9.17, 15) is 0 Å². The average molecular weight is 283 g/mol. The summed E-state index contributed by atoms with van der Waals surface area (Å²) in [5.41, 5.74) is 2.57. The third-order valence-corrected chi connectivity index (χ3v) is 4.61. The minimum absolute atomic E-state index is 0.616. The summed E-state index contributed by atoms with van der Waals surface area (Å²) < 4.78 is 2.02. The molecule has 2 aromatic rings. The quantitative estimate of drug-likeness (QED) is 0.878. The van der Waals surface area contributed by atoms with Crippen LogP contribution in [-0.2, 0) is 13.1 Å². The number of benzene rings is 1. The second kappa shape index (κ2) is 6.90. The number of hydrogen-bond acceptors (Lipinski definition) is 2. The number of rotatable bonds is 6. The predicted octanol–water partition coefficient (Wildman–Crippen LogP) is 3.60. The summed E-state index contributed by atoms with van der Waals surface area (Å²) in [4.78, 5) is 0. The van der Waals surface area contributed by atoms with Gasteiger partial charge in [-0.05, 0) is 31.2 Å². The first-order chi connectivity index (χ1) is 10.3. The van der Waals surface area contributed by atoms with Gasteiger partial charge in [0.05, 0.1) is 12.7 Å². The summed E-state index contributed by atoms with van der Waals surface area (Å²) in [7, 11) is 0. The van der Waals surface area contributed by atoms with Gasteiger partial charge >= 0.3 is 0 Å². The second-order valence-electron chi connectivity index (χ2n) is 6.25. The molecule has 0 spiro atoms. The molecule has 0 radical (unpaired) electrons. The lowest BCUT2D eigenvalue weighted by Gasteiger charge is -2.19. The van der Waals surface area contributed by atoms with E-state index in [0.29, 0.717) is 6.04 Å². The van der Waals surface area contributed by atoms with Crippen LogP contribution in [0.25, 0.3) is 0 Å². The van der Waals surface area contributed by atoms with Gasteiger partial charge in [0.2, 0.25) is 0 Å². The Labute approximate surface area is 127 Å². The minimum Gasteiger partial charge on any atom is -0.310 e. The molecule has 1 atom stereocenters. The average Bonchev–Trinajstić information content (AvgIpc) is 3.17. The Morgan fingerprint density at radius 3 is 2.71 bits per heavy atom. The van der Waals surface area contributed by atoms with E-state index in [1.54, 1.807) is 0 Å². The fraction of sp³-hybridized carbons (Fsp3) is 0.500. The summed E-state index contributed by atoms with van der Waals surface area (Å²) in [5.74, 6) is 0.865. The monoisotopic (exact) mass is 283 g/mol. The molecule has 0 aliphatic heterocycles. The number of nitrogens with one attached hydrogen (secondary N) is 1. The molecule has 3 rings (SSSR count). The first-order valence-electron chi connectivity index (χ1n) is 8.10. The molecule has 1 heterocycles. The molecule has 1 aliphatic rings. The van der Waals surface area contributed by atoms with Crippen molar-refractivity contribution in [2.24, 2.45) is 5.92 Å². The van der Waals surface area contributed by atoms with E-state index in [-0.39, 0.29) is 0 Å². The fourth-order valence-electron chi connectivity index (χ4n) is 3.26. The first kappa shape index (κ1) is 14.3. The van der Waals surface area contributed by atoms with Gasteiger partial charge in [0, 0.05) is 24.3 Å². The highest BCUT2D eigenvalue weighted by atomic mass is 15.3. The molecule has 0 amide bonds. The number of hydrogen-bond donors (Lipinski definition) is 1. The van der Waals surface area contributed by atoms with Gasteiger partial charge in [0.1, 0.15) is 0 Å². The second-order valence-corrected chi connectivity index (χ2v) is 6.25. The summed E-state index contributed by atoms with van der Waals surface area (Å²) in [6, 6.07) is 11.1. The van der Waals surface area contributed by atoms with E-state index < -0.39 is 0 Å². The molecule has 1 aromatic carbocycles. The molecule has 0 saturated heterocycles. The van der Waals surface area contributed by atoms with Crippen LogP contribution in [0.5, 0.6) is 0 Å². The lowest BCUT2D eigenvalue weighted by molar-refractivity contribution is 0.380. The Morgan fingerprint density at radius 1 is 1.19 bits per heavy atom. The van der Waals surface area contributed by atoms with Gasteiger partial charge in [-0.2, -0.15) is 5.10 Å². The smallest absolute Gasteiger partial charge is 0.0659 e. The van der Waals surface area contributed by atoms with E-state index in [2.05, 4.69) is 47.8 Å². The van der Waals surface area contributed by atoms with Crippen LogP contribution in [0.3, 0.4) is 0 Å². The Morgan fingerprint density at radius 2 is 1.95 bits per heavy atom. The zero-order valence-corrected chi connectivity index (χ0v) is 12.8. The maximum atomic E-state index is 4.46. The Kier molecular flexibility index (Phi) is 4.71.